The Morgan fingerprint density at radius 2 is 2.00 bits per heavy atom. The maximum absolute atomic E-state index is 9.68. The molecule has 3 rings (SSSR count). The molecule has 1 aliphatic carbocycles. The molecule has 106 valence electrons. The first-order valence-corrected chi connectivity index (χ1v) is 7.48. The molecular weight excluding hydrogens is 248 g/mol. The highest BCUT2D eigenvalue weighted by molar-refractivity contribution is 5.92. The number of nitrogens with zero attached hydrogens (tertiary/aromatic N) is 1. The van der Waals surface area contributed by atoms with Gasteiger partial charge in [-0.1, -0.05) is 19.9 Å². The van der Waals surface area contributed by atoms with Crippen LogP contribution in [0.15, 0.2) is 30.5 Å². The fraction of sp³-hybridized carbons (Fsp3) is 0.471. The molecule has 0 radical (unpaired) electrons. The summed E-state index contributed by atoms with van der Waals surface area (Å²) in [5, 5.41) is 15.4. The molecule has 1 fully saturated rings. The van der Waals surface area contributed by atoms with E-state index in [1.54, 1.807) is 12.1 Å². The Morgan fingerprint density at radius 1 is 1.15 bits per heavy atom. The number of aromatic nitrogens is 1. The second kappa shape index (κ2) is 5.31. The number of anilines is 1. The van der Waals surface area contributed by atoms with Gasteiger partial charge in [0.1, 0.15) is 11.6 Å². The van der Waals surface area contributed by atoms with E-state index in [4.69, 9.17) is 0 Å². The van der Waals surface area contributed by atoms with Crippen LogP contribution in [-0.4, -0.2) is 16.1 Å². The molecule has 0 aliphatic heterocycles. The van der Waals surface area contributed by atoms with E-state index in [1.807, 2.05) is 18.3 Å². The Kier molecular flexibility index (Phi) is 3.51. The van der Waals surface area contributed by atoms with Crippen molar-refractivity contribution in [1.82, 2.24) is 4.98 Å². The normalized spacial score (nSPS) is 26.6. The number of phenols is 1. The second-order valence-corrected chi connectivity index (χ2v) is 6.17. The molecule has 1 aliphatic rings. The summed E-state index contributed by atoms with van der Waals surface area (Å²) in [7, 11) is 0. The van der Waals surface area contributed by atoms with Crippen molar-refractivity contribution in [2.75, 3.05) is 5.32 Å². The van der Waals surface area contributed by atoms with Crippen molar-refractivity contribution in [3.05, 3.63) is 30.5 Å². The predicted molar refractivity (Wildman–Crippen MR) is 83.0 cm³/mol. The number of phenolic OH excluding ortho intramolecular Hbond substituents is 1. The van der Waals surface area contributed by atoms with E-state index in [9.17, 15) is 5.11 Å². The fourth-order valence-corrected chi connectivity index (χ4v) is 3.14. The first-order valence-electron chi connectivity index (χ1n) is 7.48. The van der Waals surface area contributed by atoms with Gasteiger partial charge in [0.25, 0.3) is 0 Å². The van der Waals surface area contributed by atoms with Crippen LogP contribution in [0.5, 0.6) is 5.75 Å². The monoisotopic (exact) mass is 270 g/mol. The highest BCUT2D eigenvalue weighted by Gasteiger charge is 2.24. The summed E-state index contributed by atoms with van der Waals surface area (Å²) in [5.74, 6) is 2.76. The summed E-state index contributed by atoms with van der Waals surface area (Å²) < 4.78 is 0. The predicted octanol–water partition coefficient (Wildman–Crippen LogP) is 4.18. The Balaban J connectivity index is 1.86. The van der Waals surface area contributed by atoms with Gasteiger partial charge in [0.15, 0.2) is 0 Å². The van der Waals surface area contributed by atoms with Gasteiger partial charge in [-0.05, 0) is 54.7 Å². The van der Waals surface area contributed by atoms with E-state index in [1.165, 1.54) is 19.3 Å². The van der Waals surface area contributed by atoms with Crippen molar-refractivity contribution >= 4 is 16.6 Å². The van der Waals surface area contributed by atoms with E-state index in [0.717, 1.165) is 28.4 Å². The highest BCUT2D eigenvalue weighted by Crippen LogP contribution is 2.32. The summed E-state index contributed by atoms with van der Waals surface area (Å²) in [6, 6.07) is 7.91. The van der Waals surface area contributed by atoms with Crippen LogP contribution in [0, 0.1) is 11.8 Å². The maximum atomic E-state index is 9.68. The average molecular weight is 270 g/mol. The van der Waals surface area contributed by atoms with Crippen LogP contribution in [0.25, 0.3) is 10.8 Å². The summed E-state index contributed by atoms with van der Waals surface area (Å²) in [4.78, 5) is 4.46. The van der Waals surface area contributed by atoms with Crippen molar-refractivity contribution in [2.24, 2.45) is 11.8 Å². The molecule has 2 aromatic rings. The molecule has 0 saturated heterocycles. The van der Waals surface area contributed by atoms with Crippen LogP contribution in [0.1, 0.15) is 33.1 Å². The molecule has 1 aromatic heterocycles. The van der Waals surface area contributed by atoms with Gasteiger partial charge in [-0.25, -0.2) is 4.98 Å². The smallest absolute Gasteiger partial charge is 0.134 e. The average Bonchev–Trinajstić information content (AvgIpc) is 2.44. The lowest BCUT2D eigenvalue weighted by molar-refractivity contribution is 0.260. The van der Waals surface area contributed by atoms with Gasteiger partial charge in [-0.15, -0.1) is 0 Å². The van der Waals surface area contributed by atoms with Gasteiger partial charge in [0, 0.05) is 17.6 Å². The molecule has 2 N–H and O–H groups in total. The molecule has 0 bridgehead atoms. The largest absolute Gasteiger partial charge is 0.508 e. The topological polar surface area (TPSA) is 45.2 Å². The Labute approximate surface area is 120 Å². The minimum absolute atomic E-state index is 0.291. The number of benzene rings is 1. The molecular formula is C17H22N2O. The standard InChI is InChI=1S/C17H22N2O/c1-11-3-5-14(9-12(11)2)19-17-16-10-15(20)6-4-13(16)7-8-18-17/h4,6-8,10-12,14,20H,3,5,9H2,1-2H3,(H,18,19). The lowest BCUT2D eigenvalue weighted by atomic mass is 9.79. The minimum atomic E-state index is 0.291. The van der Waals surface area contributed by atoms with Crippen LogP contribution in [0.4, 0.5) is 5.82 Å². The first-order chi connectivity index (χ1) is 9.63. The van der Waals surface area contributed by atoms with Gasteiger partial charge < -0.3 is 10.4 Å². The van der Waals surface area contributed by atoms with Gasteiger partial charge in [-0.2, -0.15) is 0 Å². The molecule has 0 amide bonds. The third-order valence-corrected chi connectivity index (χ3v) is 4.69. The molecule has 1 heterocycles. The van der Waals surface area contributed by atoms with E-state index in [0.29, 0.717) is 11.8 Å². The number of pyridine rings is 1. The Bertz CT molecular complexity index is 611. The lowest BCUT2D eigenvalue weighted by Crippen LogP contribution is -2.30. The number of fused-ring (bicyclic) bond motifs is 1. The SMILES string of the molecule is CC1CCC(Nc2nccc3ccc(O)cc23)CC1C. The fourth-order valence-electron chi connectivity index (χ4n) is 3.14. The third kappa shape index (κ3) is 2.58. The van der Waals surface area contributed by atoms with Crippen molar-refractivity contribution in [3.8, 4) is 5.75 Å². The number of rotatable bonds is 2. The summed E-state index contributed by atoms with van der Waals surface area (Å²) in [6.45, 7) is 4.68. The van der Waals surface area contributed by atoms with Crippen LogP contribution >= 0.6 is 0 Å². The maximum Gasteiger partial charge on any atom is 0.134 e. The lowest BCUT2D eigenvalue weighted by Gasteiger charge is -2.33. The van der Waals surface area contributed by atoms with Crippen LogP contribution in [0.2, 0.25) is 0 Å². The van der Waals surface area contributed by atoms with Gasteiger partial charge in [0.05, 0.1) is 0 Å². The zero-order valence-electron chi connectivity index (χ0n) is 12.1. The summed E-state index contributed by atoms with van der Waals surface area (Å²) >= 11 is 0. The van der Waals surface area contributed by atoms with Crippen molar-refractivity contribution < 1.29 is 5.11 Å². The number of hydrogen-bond donors (Lipinski definition) is 2. The Morgan fingerprint density at radius 3 is 2.80 bits per heavy atom. The molecule has 1 saturated carbocycles. The molecule has 3 heteroatoms. The van der Waals surface area contributed by atoms with E-state index in [-0.39, 0.29) is 0 Å². The van der Waals surface area contributed by atoms with Crippen molar-refractivity contribution in [1.29, 1.82) is 0 Å². The quantitative estimate of drug-likeness (QED) is 0.860. The van der Waals surface area contributed by atoms with E-state index < -0.39 is 0 Å². The zero-order valence-corrected chi connectivity index (χ0v) is 12.1. The number of hydrogen-bond acceptors (Lipinski definition) is 3. The molecule has 1 aromatic carbocycles. The minimum Gasteiger partial charge on any atom is -0.508 e. The molecule has 0 spiro atoms. The Hall–Kier alpha value is -1.77. The van der Waals surface area contributed by atoms with Crippen LogP contribution < -0.4 is 5.32 Å². The second-order valence-electron chi connectivity index (χ2n) is 6.17. The molecule has 3 nitrogen and oxygen atoms in total. The number of nitrogens with one attached hydrogen (secondary N) is 1. The van der Waals surface area contributed by atoms with Gasteiger partial charge in [-0.3, -0.25) is 0 Å². The summed E-state index contributed by atoms with van der Waals surface area (Å²) in [5.41, 5.74) is 0. The first kappa shape index (κ1) is 13.2. The van der Waals surface area contributed by atoms with Crippen LogP contribution in [-0.2, 0) is 0 Å². The summed E-state index contributed by atoms with van der Waals surface area (Å²) in [6.07, 6.45) is 5.49. The zero-order chi connectivity index (χ0) is 14.1. The van der Waals surface area contributed by atoms with E-state index >= 15 is 0 Å². The molecule has 3 unspecified atom stereocenters. The molecule has 20 heavy (non-hydrogen) atoms. The van der Waals surface area contributed by atoms with E-state index in [2.05, 4.69) is 24.1 Å². The number of aromatic hydroxyl groups is 1. The van der Waals surface area contributed by atoms with Crippen molar-refractivity contribution in [3.63, 3.8) is 0 Å². The van der Waals surface area contributed by atoms with Crippen LogP contribution in [0.3, 0.4) is 0 Å². The third-order valence-electron chi connectivity index (χ3n) is 4.69. The van der Waals surface area contributed by atoms with Gasteiger partial charge >= 0.3 is 0 Å². The highest BCUT2D eigenvalue weighted by atomic mass is 16.3. The van der Waals surface area contributed by atoms with Gasteiger partial charge in [0.2, 0.25) is 0 Å². The van der Waals surface area contributed by atoms with Crippen molar-refractivity contribution in [2.45, 2.75) is 39.2 Å². The molecule has 3 atom stereocenters.